The molecule has 0 aliphatic carbocycles. The number of nitrogens with zero attached hydrogens (tertiary/aromatic N) is 3. The Kier molecular flexibility index (Phi) is 7.52. The minimum Gasteiger partial charge on any atom is -0.497 e. The van der Waals surface area contributed by atoms with E-state index in [1.54, 1.807) is 49.5 Å². The molecule has 1 unspecified atom stereocenters. The molecular weight excluding hydrogens is 462 g/mol. The zero-order chi connectivity index (χ0) is 25.0. The molecule has 7 nitrogen and oxygen atoms in total. The highest BCUT2D eigenvalue weighted by Crippen LogP contribution is 2.31. The summed E-state index contributed by atoms with van der Waals surface area (Å²) in [6, 6.07) is 19.8. The van der Waals surface area contributed by atoms with E-state index in [0.29, 0.717) is 30.8 Å². The van der Waals surface area contributed by atoms with Gasteiger partial charge in [-0.3, -0.25) is 9.78 Å². The number of methoxy groups -OCH3 is 1. The average molecular weight is 494 g/mol. The summed E-state index contributed by atoms with van der Waals surface area (Å²) < 4.78 is 32.9. The number of hydrogen-bond donors (Lipinski definition) is 0. The Bertz CT molecular complexity index is 1240. The largest absolute Gasteiger partial charge is 0.497 e. The molecule has 1 atom stereocenters. The molecule has 3 aromatic rings. The molecule has 1 amide bonds. The molecule has 0 spiro atoms. The molecular formula is C27H31N3O4S. The summed E-state index contributed by atoms with van der Waals surface area (Å²) in [7, 11) is -0.160. The van der Waals surface area contributed by atoms with Crippen LogP contribution in [-0.2, 0) is 14.8 Å². The van der Waals surface area contributed by atoms with Gasteiger partial charge in [0.15, 0.2) is 0 Å². The fourth-order valence-corrected chi connectivity index (χ4v) is 6.00. The van der Waals surface area contributed by atoms with Gasteiger partial charge >= 0.3 is 0 Å². The van der Waals surface area contributed by atoms with Gasteiger partial charge in [-0.05, 0) is 61.7 Å². The van der Waals surface area contributed by atoms with Gasteiger partial charge in [0.25, 0.3) is 0 Å². The molecule has 4 rings (SSSR count). The van der Waals surface area contributed by atoms with Crippen LogP contribution < -0.4 is 4.74 Å². The second kappa shape index (κ2) is 10.6. The van der Waals surface area contributed by atoms with Gasteiger partial charge < -0.3 is 9.64 Å². The lowest BCUT2D eigenvalue weighted by atomic mass is 9.94. The Balaban J connectivity index is 1.50. The number of piperidine rings is 1. The maximum absolute atomic E-state index is 13.6. The quantitative estimate of drug-likeness (QED) is 0.496. The van der Waals surface area contributed by atoms with Crippen molar-refractivity contribution in [2.45, 2.75) is 30.7 Å². The van der Waals surface area contributed by atoms with E-state index in [1.165, 1.54) is 4.31 Å². The summed E-state index contributed by atoms with van der Waals surface area (Å²) in [6.45, 7) is 2.56. The summed E-state index contributed by atoms with van der Waals surface area (Å²) in [6.07, 6.45) is 2.68. The Morgan fingerprint density at radius 2 is 1.69 bits per heavy atom. The molecule has 35 heavy (non-hydrogen) atoms. The number of aromatic nitrogens is 1. The molecule has 0 saturated carbocycles. The lowest BCUT2D eigenvalue weighted by Crippen LogP contribution is -2.44. The number of pyridine rings is 1. The lowest BCUT2D eigenvalue weighted by Gasteiger charge is -2.35. The SMILES string of the molecule is COc1ccc(C(c2ccccn2)N(C)C(=O)C2CCN(S(=O)(=O)c3ccc(C)cc3)CC2)cc1. The first-order valence-corrected chi connectivity index (χ1v) is 13.1. The first-order chi connectivity index (χ1) is 16.8. The van der Waals surface area contributed by atoms with Crippen LogP contribution in [0, 0.1) is 12.8 Å². The van der Waals surface area contributed by atoms with Gasteiger partial charge in [-0.25, -0.2) is 8.42 Å². The zero-order valence-corrected chi connectivity index (χ0v) is 21.1. The van der Waals surface area contributed by atoms with E-state index in [-0.39, 0.29) is 17.9 Å². The number of benzene rings is 2. The molecule has 1 saturated heterocycles. The second-order valence-electron chi connectivity index (χ2n) is 8.87. The molecule has 1 aliphatic rings. The van der Waals surface area contributed by atoms with Crippen LogP contribution in [0.3, 0.4) is 0 Å². The minimum atomic E-state index is -3.57. The normalized spacial score (nSPS) is 16.0. The Morgan fingerprint density at radius 1 is 1.03 bits per heavy atom. The lowest BCUT2D eigenvalue weighted by molar-refractivity contribution is -0.137. The van der Waals surface area contributed by atoms with Crippen LogP contribution in [0.25, 0.3) is 0 Å². The highest BCUT2D eigenvalue weighted by Gasteiger charge is 2.35. The van der Waals surface area contributed by atoms with E-state index in [9.17, 15) is 13.2 Å². The van der Waals surface area contributed by atoms with E-state index in [2.05, 4.69) is 4.98 Å². The van der Waals surface area contributed by atoms with Crippen LogP contribution >= 0.6 is 0 Å². The van der Waals surface area contributed by atoms with Crippen LogP contribution in [0.15, 0.2) is 77.8 Å². The molecule has 2 heterocycles. The van der Waals surface area contributed by atoms with Crippen molar-refractivity contribution in [1.29, 1.82) is 0 Å². The molecule has 1 aliphatic heterocycles. The van der Waals surface area contributed by atoms with Crippen molar-refractivity contribution in [2.75, 3.05) is 27.2 Å². The molecule has 0 N–H and O–H groups in total. The number of carbonyl (C=O) groups excluding carboxylic acids is 1. The first-order valence-electron chi connectivity index (χ1n) is 11.7. The van der Waals surface area contributed by atoms with Gasteiger partial charge in [0.1, 0.15) is 5.75 Å². The first kappa shape index (κ1) is 24.9. The van der Waals surface area contributed by atoms with Gasteiger partial charge in [0.2, 0.25) is 15.9 Å². The molecule has 2 aromatic carbocycles. The highest BCUT2D eigenvalue weighted by molar-refractivity contribution is 7.89. The van der Waals surface area contributed by atoms with Gasteiger partial charge in [0.05, 0.1) is 23.7 Å². The molecule has 184 valence electrons. The minimum absolute atomic E-state index is 0.0103. The van der Waals surface area contributed by atoms with Crippen molar-refractivity contribution in [3.63, 3.8) is 0 Å². The summed E-state index contributed by atoms with van der Waals surface area (Å²) in [5, 5.41) is 0. The number of sulfonamides is 1. The highest BCUT2D eigenvalue weighted by atomic mass is 32.2. The molecule has 1 aromatic heterocycles. The predicted octanol–water partition coefficient (Wildman–Crippen LogP) is 4.05. The van der Waals surface area contributed by atoms with E-state index in [4.69, 9.17) is 4.74 Å². The van der Waals surface area contributed by atoms with Crippen molar-refractivity contribution in [3.05, 3.63) is 89.7 Å². The summed E-state index contributed by atoms with van der Waals surface area (Å²) in [4.78, 5) is 20.1. The summed E-state index contributed by atoms with van der Waals surface area (Å²) >= 11 is 0. The zero-order valence-electron chi connectivity index (χ0n) is 20.3. The average Bonchev–Trinajstić information content (AvgIpc) is 2.89. The smallest absolute Gasteiger partial charge is 0.243 e. The second-order valence-corrected chi connectivity index (χ2v) is 10.8. The third-order valence-corrected chi connectivity index (χ3v) is 8.51. The van der Waals surface area contributed by atoms with Crippen LogP contribution in [0.1, 0.15) is 35.7 Å². The van der Waals surface area contributed by atoms with Gasteiger partial charge in [-0.1, -0.05) is 35.9 Å². The third kappa shape index (κ3) is 5.39. The fourth-order valence-electron chi connectivity index (χ4n) is 4.53. The number of aryl methyl sites for hydroxylation is 1. The van der Waals surface area contributed by atoms with E-state index in [0.717, 1.165) is 22.6 Å². The van der Waals surface area contributed by atoms with Crippen LogP contribution in [0.5, 0.6) is 5.75 Å². The molecule has 1 fully saturated rings. The standard InChI is InChI=1S/C27H31N3O4S/c1-20-7-13-24(14-8-20)35(32,33)30-18-15-22(16-19-30)27(31)29(2)26(25-6-4-5-17-28-25)21-9-11-23(34-3)12-10-21/h4-14,17,22,26H,15-16,18-19H2,1-3H3. The molecule has 0 bridgehead atoms. The van der Waals surface area contributed by atoms with Crippen molar-refractivity contribution in [2.24, 2.45) is 5.92 Å². The van der Waals surface area contributed by atoms with Crippen molar-refractivity contribution < 1.29 is 17.9 Å². The van der Waals surface area contributed by atoms with Crippen LogP contribution in [0.4, 0.5) is 0 Å². The van der Waals surface area contributed by atoms with Crippen molar-refractivity contribution in [3.8, 4) is 5.75 Å². The number of rotatable bonds is 7. The molecule has 8 heteroatoms. The Morgan fingerprint density at radius 3 is 2.26 bits per heavy atom. The maximum Gasteiger partial charge on any atom is 0.243 e. The maximum atomic E-state index is 13.6. The van der Waals surface area contributed by atoms with E-state index >= 15 is 0 Å². The van der Waals surface area contributed by atoms with Crippen molar-refractivity contribution in [1.82, 2.24) is 14.2 Å². The summed E-state index contributed by atoms with van der Waals surface area (Å²) in [5.74, 6) is 0.474. The number of hydrogen-bond acceptors (Lipinski definition) is 5. The van der Waals surface area contributed by atoms with Crippen LogP contribution in [-0.4, -0.2) is 55.8 Å². The third-order valence-electron chi connectivity index (χ3n) is 6.60. The topological polar surface area (TPSA) is 79.8 Å². The van der Waals surface area contributed by atoms with Gasteiger partial charge in [-0.15, -0.1) is 0 Å². The van der Waals surface area contributed by atoms with Crippen LogP contribution in [0.2, 0.25) is 0 Å². The van der Waals surface area contributed by atoms with Crippen molar-refractivity contribution >= 4 is 15.9 Å². The molecule has 0 radical (unpaired) electrons. The number of amides is 1. The summed E-state index contributed by atoms with van der Waals surface area (Å²) in [5.41, 5.74) is 2.71. The Hall–Kier alpha value is -3.23. The van der Waals surface area contributed by atoms with E-state index in [1.807, 2.05) is 49.4 Å². The number of carbonyl (C=O) groups is 1. The fraction of sp³-hybridized carbons (Fsp3) is 0.333. The Labute approximate surface area is 207 Å². The predicted molar refractivity (Wildman–Crippen MR) is 135 cm³/mol. The number of ether oxygens (including phenoxy) is 1. The van der Waals surface area contributed by atoms with Gasteiger partial charge in [0, 0.05) is 32.3 Å². The van der Waals surface area contributed by atoms with Gasteiger partial charge in [-0.2, -0.15) is 4.31 Å². The monoisotopic (exact) mass is 493 g/mol. The van der Waals surface area contributed by atoms with E-state index < -0.39 is 10.0 Å².